The predicted octanol–water partition coefficient (Wildman–Crippen LogP) is 3.06. The van der Waals surface area contributed by atoms with Crippen LogP contribution in [0, 0.1) is 6.92 Å². The lowest BCUT2D eigenvalue weighted by atomic mass is 10.1. The molecule has 0 saturated carbocycles. The number of nitrogens with zero attached hydrogens (tertiary/aromatic N) is 4. The second kappa shape index (κ2) is 6.49. The molecule has 0 aliphatic rings. The van der Waals surface area contributed by atoms with Gasteiger partial charge in [-0.05, 0) is 32.0 Å². The third-order valence-corrected chi connectivity index (χ3v) is 4.33. The summed E-state index contributed by atoms with van der Waals surface area (Å²) in [4.78, 5) is 12.4. The van der Waals surface area contributed by atoms with Crippen LogP contribution in [0.3, 0.4) is 0 Å². The SMILES string of the molecule is Cc1c([C@H](C)NC(=O)c2ccn(-c3ccccc3Cl)n2)cnn1C. The van der Waals surface area contributed by atoms with Crippen molar-refractivity contribution in [3.63, 3.8) is 0 Å². The van der Waals surface area contributed by atoms with Crippen LogP contribution in [0.25, 0.3) is 5.69 Å². The highest BCUT2D eigenvalue weighted by Gasteiger charge is 2.17. The van der Waals surface area contributed by atoms with Crippen LogP contribution >= 0.6 is 11.6 Å². The molecule has 3 aromatic rings. The van der Waals surface area contributed by atoms with E-state index in [2.05, 4.69) is 15.5 Å². The summed E-state index contributed by atoms with van der Waals surface area (Å²) in [7, 11) is 1.87. The van der Waals surface area contributed by atoms with Crippen LogP contribution in [-0.4, -0.2) is 25.5 Å². The van der Waals surface area contributed by atoms with Gasteiger partial charge in [-0.1, -0.05) is 23.7 Å². The van der Waals surface area contributed by atoms with Gasteiger partial charge in [0.1, 0.15) is 0 Å². The van der Waals surface area contributed by atoms with Crippen LogP contribution in [0.1, 0.15) is 34.7 Å². The highest BCUT2D eigenvalue weighted by Crippen LogP contribution is 2.20. The Hall–Kier alpha value is -2.60. The molecule has 1 amide bonds. The van der Waals surface area contributed by atoms with Crippen molar-refractivity contribution in [3.05, 3.63) is 64.7 Å². The van der Waals surface area contributed by atoms with E-state index >= 15 is 0 Å². The lowest BCUT2D eigenvalue weighted by molar-refractivity contribution is 0.0934. The van der Waals surface area contributed by atoms with Gasteiger partial charge in [0.05, 0.1) is 22.9 Å². The van der Waals surface area contributed by atoms with Gasteiger partial charge in [0.25, 0.3) is 5.91 Å². The van der Waals surface area contributed by atoms with Gasteiger partial charge in [0, 0.05) is 24.5 Å². The molecule has 2 aromatic heterocycles. The Morgan fingerprint density at radius 2 is 2.04 bits per heavy atom. The van der Waals surface area contributed by atoms with Gasteiger partial charge in [-0.25, -0.2) is 4.68 Å². The molecule has 2 heterocycles. The summed E-state index contributed by atoms with van der Waals surface area (Å²) in [5, 5.41) is 12.0. The normalized spacial score (nSPS) is 12.2. The number of halogens is 1. The maximum absolute atomic E-state index is 12.4. The van der Waals surface area contributed by atoms with Gasteiger partial charge < -0.3 is 5.32 Å². The smallest absolute Gasteiger partial charge is 0.272 e. The molecule has 0 spiro atoms. The zero-order valence-corrected chi connectivity index (χ0v) is 14.4. The number of aromatic nitrogens is 4. The third kappa shape index (κ3) is 3.05. The fourth-order valence-electron chi connectivity index (χ4n) is 2.51. The van der Waals surface area contributed by atoms with E-state index in [9.17, 15) is 4.79 Å². The van der Waals surface area contributed by atoms with Gasteiger partial charge >= 0.3 is 0 Å². The molecule has 0 aliphatic heterocycles. The first-order valence-electron chi connectivity index (χ1n) is 7.57. The van der Waals surface area contributed by atoms with Crippen molar-refractivity contribution in [2.24, 2.45) is 7.05 Å². The minimum Gasteiger partial charge on any atom is -0.344 e. The van der Waals surface area contributed by atoms with Crippen molar-refractivity contribution < 1.29 is 4.79 Å². The van der Waals surface area contributed by atoms with Crippen LogP contribution in [0.5, 0.6) is 0 Å². The highest BCUT2D eigenvalue weighted by atomic mass is 35.5. The van der Waals surface area contributed by atoms with Gasteiger partial charge in [0.2, 0.25) is 0 Å². The number of hydrogen-bond acceptors (Lipinski definition) is 3. The zero-order valence-electron chi connectivity index (χ0n) is 13.7. The van der Waals surface area contributed by atoms with E-state index in [0.29, 0.717) is 10.7 Å². The van der Waals surface area contributed by atoms with Crippen LogP contribution in [-0.2, 0) is 7.05 Å². The van der Waals surface area contributed by atoms with Crippen LogP contribution in [0.15, 0.2) is 42.7 Å². The minimum absolute atomic E-state index is 0.156. The first-order valence-corrected chi connectivity index (χ1v) is 7.95. The maximum Gasteiger partial charge on any atom is 0.272 e. The molecular weight excluding hydrogens is 326 g/mol. The highest BCUT2D eigenvalue weighted by molar-refractivity contribution is 6.32. The lowest BCUT2D eigenvalue weighted by Crippen LogP contribution is -2.27. The van der Waals surface area contributed by atoms with Crippen molar-refractivity contribution in [2.45, 2.75) is 19.9 Å². The summed E-state index contributed by atoms with van der Waals surface area (Å²) >= 11 is 6.16. The van der Waals surface area contributed by atoms with E-state index in [1.165, 1.54) is 0 Å². The van der Waals surface area contributed by atoms with E-state index in [-0.39, 0.29) is 11.9 Å². The maximum atomic E-state index is 12.4. The molecule has 0 fully saturated rings. The minimum atomic E-state index is -0.239. The summed E-state index contributed by atoms with van der Waals surface area (Å²) in [6, 6.07) is 8.86. The predicted molar refractivity (Wildman–Crippen MR) is 92.4 cm³/mol. The Kier molecular flexibility index (Phi) is 4.40. The molecule has 1 atom stereocenters. The molecule has 124 valence electrons. The number of benzene rings is 1. The molecule has 1 aromatic carbocycles. The Bertz CT molecular complexity index is 883. The first kappa shape index (κ1) is 16.3. The lowest BCUT2D eigenvalue weighted by Gasteiger charge is -2.12. The van der Waals surface area contributed by atoms with Gasteiger partial charge in [0.15, 0.2) is 5.69 Å². The molecule has 24 heavy (non-hydrogen) atoms. The summed E-state index contributed by atoms with van der Waals surface area (Å²) in [6.07, 6.45) is 3.48. The molecule has 0 aliphatic carbocycles. The van der Waals surface area contributed by atoms with Crippen molar-refractivity contribution in [2.75, 3.05) is 0 Å². The molecular formula is C17H18ClN5O. The number of para-hydroxylation sites is 1. The largest absolute Gasteiger partial charge is 0.344 e. The van der Waals surface area contributed by atoms with E-state index < -0.39 is 0 Å². The van der Waals surface area contributed by atoms with E-state index in [1.807, 2.05) is 39.1 Å². The van der Waals surface area contributed by atoms with E-state index in [4.69, 9.17) is 11.6 Å². The average molecular weight is 344 g/mol. The third-order valence-electron chi connectivity index (χ3n) is 4.01. The molecule has 0 unspecified atom stereocenters. The second-order valence-electron chi connectivity index (χ2n) is 5.60. The Morgan fingerprint density at radius 1 is 1.29 bits per heavy atom. The van der Waals surface area contributed by atoms with E-state index in [1.54, 1.807) is 33.9 Å². The summed E-state index contributed by atoms with van der Waals surface area (Å²) < 4.78 is 3.38. The molecule has 1 N–H and O–H groups in total. The Morgan fingerprint density at radius 3 is 2.71 bits per heavy atom. The second-order valence-corrected chi connectivity index (χ2v) is 6.01. The molecule has 0 saturated heterocycles. The van der Waals surface area contributed by atoms with E-state index in [0.717, 1.165) is 16.9 Å². The number of nitrogens with one attached hydrogen (secondary N) is 1. The number of carbonyl (C=O) groups excluding carboxylic acids is 1. The summed E-state index contributed by atoms with van der Waals surface area (Å²) in [6.45, 7) is 3.89. The number of carbonyl (C=O) groups is 1. The van der Waals surface area contributed by atoms with Crippen LogP contribution < -0.4 is 5.32 Å². The fraction of sp³-hybridized carbons (Fsp3) is 0.235. The number of amides is 1. The van der Waals surface area contributed by atoms with Crippen molar-refractivity contribution >= 4 is 17.5 Å². The molecule has 3 rings (SSSR count). The molecule has 0 bridgehead atoms. The van der Waals surface area contributed by atoms with Gasteiger partial charge in [-0.3, -0.25) is 9.48 Å². The van der Waals surface area contributed by atoms with Gasteiger partial charge in [-0.15, -0.1) is 0 Å². The van der Waals surface area contributed by atoms with Crippen molar-refractivity contribution in [3.8, 4) is 5.69 Å². The number of hydrogen-bond donors (Lipinski definition) is 1. The molecule has 0 radical (unpaired) electrons. The number of aryl methyl sites for hydroxylation is 1. The topological polar surface area (TPSA) is 64.7 Å². The fourth-order valence-corrected chi connectivity index (χ4v) is 2.73. The molecule has 6 nitrogen and oxygen atoms in total. The van der Waals surface area contributed by atoms with Crippen LogP contribution in [0.4, 0.5) is 0 Å². The van der Waals surface area contributed by atoms with Crippen LogP contribution in [0.2, 0.25) is 5.02 Å². The first-order chi connectivity index (χ1) is 11.5. The van der Waals surface area contributed by atoms with Crippen molar-refractivity contribution in [1.29, 1.82) is 0 Å². The molecule has 7 heteroatoms. The monoisotopic (exact) mass is 343 g/mol. The van der Waals surface area contributed by atoms with Gasteiger partial charge in [-0.2, -0.15) is 10.2 Å². The average Bonchev–Trinajstić information content (AvgIpc) is 3.16. The quantitative estimate of drug-likeness (QED) is 0.791. The Balaban J connectivity index is 1.77. The summed E-state index contributed by atoms with van der Waals surface area (Å²) in [5.74, 6) is -0.239. The zero-order chi connectivity index (χ0) is 17.3. The van der Waals surface area contributed by atoms with Crippen molar-refractivity contribution in [1.82, 2.24) is 24.9 Å². The number of rotatable bonds is 4. The standard InChI is InChI=1S/C17H18ClN5O/c1-11(13-10-19-22(3)12(13)2)20-17(24)15-8-9-23(21-15)16-7-5-4-6-14(16)18/h4-11H,1-3H3,(H,20,24)/t11-/m0/s1. The Labute approximate surface area is 145 Å². The summed E-state index contributed by atoms with van der Waals surface area (Å²) in [5.41, 5.74) is 3.07.